The van der Waals surface area contributed by atoms with Crippen LogP contribution in [0.4, 0.5) is 0 Å². The van der Waals surface area contributed by atoms with Gasteiger partial charge >= 0.3 is 0 Å². The van der Waals surface area contributed by atoms with E-state index in [1.54, 1.807) is 28.4 Å². The third-order valence-electron chi connectivity index (χ3n) is 3.47. The molecule has 0 aliphatic heterocycles. The van der Waals surface area contributed by atoms with Gasteiger partial charge in [-0.25, -0.2) is 4.98 Å². The molecule has 0 radical (unpaired) electrons. The van der Waals surface area contributed by atoms with Gasteiger partial charge in [-0.05, 0) is 24.6 Å². The van der Waals surface area contributed by atoms with Crippen molar-refractivity contribution in [2.45, 2.75) is 17.8 Å². The lowest BCUT2D eigenvalue weighted by atomic mass is 10.3. The van der Waals surface area contributed by atoms with E-state index in [1.165, 1.54) is 0 Å². The lowest BCUT2D eigenvalue weighted by molar-refractivity contribution is 0.920. The highest BCUT2D eigenvalue weighted by Crippen LogP contribution is 2.27. The predicted octanol–water partition coefficient (Wildman–Crippen LogP) is 4.28. The van der Waals surface area contributed by atoms with Gasteiger partial charge in [0.1, 0.15) is 5.65 Å². The summed E-state index contributed by atoms with van der Waals surface area (Å²) >= 11 is 13.7. The molecule has 4 aromatic heterocycles. The fourth-order valence-electron chi connectivity index (χ4n) is 2.41. The quantitative estimate of drug-likeness (QED) is 0.509. The molecular weight excluding hydrogens is 353 g/mol. The Balaban J connectivity index is 1.64. The van der Waals surface area contributed by atoms with Crippen LogP contribution < -0.4 is 0 Å². The predicted molar refractivity (Wildman–Crippen MR) is 92.5 cm³/mol. The Kier molecular flexibility index (Phi) is 3.67. The number of aryl methyl sites for hydroxylation is 1. The van der Waals surface area contributed by atoms with E-state index in [-0.39, 0.29) is 0 Å². The molecule has 0 aromatic carbocycles. The number of thioether (sulfide) groups is 1. The van der Waals surface area contributed by atoms with Crippen LogP contribution in [0, 0.1) is 6.92 Å². The molecule has 0 aliphatic rings. The summed E-state index contributed by atoms with van der Waals surface area (Å²) < 4.78 is 3.83. The first-order valence-electron chi connectivity index (χ1n) is 6.87. The zero-order valence-electron chi connectivity index (χ0n) is 12.1. The number of pyridine rings is 2. The number of nitrogens with zero attached hydrogens (tertiary/aromatic N) is 5. The van der Waals surface area contributed by atoms with Crippen molar-refractivity contribution in [3.63, 3.8) is 0 Å². The summed E-state index contributed by atoms with van der Waals surface area (Å²) in [5.74, 6) is 0.687. The van der Waals surface area contributed by atoms with E-state index in [2.05, 4.69) is 28.2 Å². The highest BCUT2D eigenvalue weighted by Gasteiger charge is 2.12. The minimum absolute atomic E-state index is 0.486. The molecule has 0 unspecified atom stereocenters. The van der Waals surface area contributed by atoms with Crippen LogP contribution in [-0.4, -0.2) is 24.0 Å². The van der Waals surface area contributed by atoms with E-state index in [0.29, 0.717) is 21.4 Å². The summed E-state index contributed by atoms with van der Waals surface area (Å²) in [6.45, 7) is 2.05. The van der Waals surface area contributed by atoms with Gasteiger partial charge < -0.3 is 4.40 Å². The van der Waals surface area contributed by atoms with E-state index >= 15 is 0 Å². The molecule has 0 saturated carbocycles. The monoisotopic (exact) mass is 363 g/mol. The fraction of sp³-hybridized carbons (Fsp3) is 0.133. The summed E-state index contributed by atoms with van der Waals surface area (Å²) in [4.78, 5) is 4.66. The Morgan fingerprint density at radius 1 is 1.17 bits per heavy atom. The van der Waals surface area contributed by atoms with Gasteiger partial charge in [0.25, 0.3) is 0 Å². The van der Waals surface area contributed by atoms with E-state index < -0.39 is 0 Å². The Bertz CT molecular complexity index is 1020. The van der Waals surface area contributed by atoms with Crippen molar-refractivity contribution < 1.29 is 0 Å². The molecule has 0 saturated heterocycles. The van der Waals surface area contributed by atoms with E-state index in [9.17, 15) is 0 Å². The number of halogens is 2. The van der Waals surface area contributed by atoms with Crippen LogP contribution in [0.25, 0.3) is 11.3 Å². The van der Waals surface area contributed by atoms with Crippen molar-refractivity contribution in [3.05, 3.63) is 58.1 Å². The SMILES string of the molecule is Cc1cccn2cc(CSc3nnc4c(Cl)cc(Cl)cn34)nc12. The van der Waals surface area contributed by atoms with Crippen molar-refractivity contribution >= 4 is 46.3 Å². The standard InChI is InChI=1S/C15H11Cl2N5S/c1-9-3-2-4-21-7-11(18-13(9)21)8-23-15-20-19-14-12(17)5-10(16)6-22(14)15/h2-7H,8H2,1H3. The Hall–Kier alpha value is -1.76. The maximum atomic E-state index is 6.13. The summed E-state index contributed by atoms with van der Waals surface area (Å²) in [6, 6.07) is 5.72. The molecule has 0 spiro atoms. The van der Waals surface area contributed by atoms with Crippen molar-refractivity contribution in [1.29, 1.82) is 0 Å². The third kappa shape index (κ3) is 2.67. The lowest BCUT2D eigenvalue weighted by Gasteiger charge is -2.00. The molecule has 4 aromatic rings. The molecule has 0 fully saturated rings. The van der Waals surface area contributed by atoms with E-state index in [1.807, 2.05) is 22.9 Å². The van der Waals surface area contributed by atoms with Gasteiger partial charge in [-0.2, -0.15) is 0 Å². The first-order chi connectivity index (χ1) is 11.1. The molecule has 0 atom stereocenters. The van der Waals surface area contributed by atoms with Crippen LogP contribution >= 0.6 is 35.0 Å². The molecule has 4 rings (SSSR count). The highest BCUT2D eigenvalue weighted by molar-refractivity contribution is 7.98. The van der Waals surface area contributed by atoms with Crippen molar-refractivity contribution in [2.24, 2.45) is 0 Å². The fourth-order valence-corrected chi connectivity index (χ4v) is 3.72. The normalized spacial score (nSPS) is 11.6. The lowest BCUT2D eigenvalue weighted by Crippen LogP contribution is -1.89. The van der Waals surface area contributed by atoms with Crippen LogP contribution in [0.2, 0.25) is 10.0 Å². The van der Waals surface area contributed by atoms with Crippen LogP contribution in [0.3, 0.4) is 0 Å². The molecule has 0 bridgehead atoms. The van der Waals surface area contributed by atoms with Gasteiger partial charge in [0.05, 0.1) is 15.7 Å². The smallest absolute Gasteiger partial charge is 0.196 e. The highest BCUT2D eigenvalue weighted by atomic mass is 35.5. The number of hydrogen-bond acceptors (Lipinski definition) is 4. The second-order valence-electron chi connectivity index (χ2n) is 5.13. The third-order valence-corrected chi connectivity index (χ3v) is 4.93. The number of fused-ring (bicyclic) bond motifs is 2. The van der Waals surface area contributed by atoms with Crippen LogP contribution in [0.1, 0.15) is 11.3 Å². The van der Waals surface area contributed by atoms with Crippen LogP contribution in [0.15, 0.2) is 41.9 Å². The molecule has 4 heterocycles. The Morgan fingerprint density at radius 3 is 2.87 bits per heavy atom. The van der Waals surface area contributed by atoms with Gasteiger partial charge in [-0.15, -0.1) is 10.2 Å². The van der Waals surface area contributed by atoms with Gasteiger partial charge in [-0.3, -0.25) is 4.40 Å². The largest absolute Gasteiger partial charge is 0.307 e. The summed E-state index contributed by atoms with van der Waals surface area (Å²) in [6.07, 6.45) is 5.78. The van der Waals surface area contributed by atoms with Gasteiger partial charge in [0.2, 0.25) is 0 Å². The average molecular weight is 364 g/mol. The minimum Gasteiger partial charge on any atom is -0.307 e. The zero-order valence-corrected chi connectivity index (χ0v) is 14.4. The second kappa shape index (κ2) is 5.70. The number of imidazole rings is 1. The number of rotatable bonds is 3. The molecule has 116 valence electrons. The number of aromatic nitrogens is 5. The average Bonchev–Trinajstić information content (AvgIpc) is 3.09. The molecule has 8 heteroatoms. The first kappa shape index (κ1) is 14.8. The van der Waals surface area contributed by atoms with E-state index in [4.69, 9.17) is 23.2 Å². The molecule has 23 heavy (non-hydrogen) atoms. The zero-order chi connectivity index (χ0) is 16.0. The maximum absolute atomic E-state index is 6.13. The summed E-state index contributed by atoms with van der Waals surface area (Å²) in [5, 5.41) is 10.1. The van der Waals surface area contributed by atoms with Crippen molar-refractivity contribution in [2.75, 3.05) is 0 Å². The molecular formula is C15H11Cl2N5S. The van der Waals surface area contributed by atoms with Crippen LogP contribution in [-0.2, 0) is 5.75 Å². The maximum Gasteiger partial charge on any atom is 0.196 e. The molecule has 0 amide bonds. The van der Waals surface area contributed by atoms with Gasteiger partial charge in [0, 0.05) is 24.3 Å². The second-order valence-corrected chi connectivity index (χ2v) is 6.91. The Labute approximate surface area is 146 Å². The van der Waals surface area contributed by atoms with Crippen molar-refractivity contribution in [3.8, 4) is 0 Å². The molecule has 5 nitrogen and oxygen atoms in total. The molecule has 0 N–H and O–H groups in total. The van der Waals surface area contributed by atoms with Crippen molar-refractivity contribution in [1.82, 2.24) is 24.0 Å². The molecule has 0 aliphatic carbocycles. The topological polar surface area (TPSA) is 47.5 Å². The number of hydrogen-bond donors (Lipinski definition) is 0. The Morgan fingerprint density at radius 2 is 2.04 bits per heavy atom. The van der Waals surface area contributed by atoms with E-state index in [0.717, 1.165) is 22.1 Å². The van der Waals surface area contributed by atoms with Gasteiger partial charge in [-0.1, -0.05) is 41.0 Å². The summed E-state index contributed by atoms with van der Waals surface area (Å²) in [7, 11) is 0. The van der Waals surface area contributed by atoms with Gasteiger partial charge in [0.15, 0.2) is 10.8 Å². The first-order valence-corrected chi connectivity index (χ1v) is 8.62. The van der Waals surface area contributed by atoms with Crippen LogP contribution in [0.5, 0.6) is 0 Å². The minimum atomic E-state index is 0.486. The summed E-state index contributed by atoms with van der Waals surface area (Å²) in [5.41, 5.74) is 3.70.